The summed E-state index contributed by atoms with van der Waals surface area (Å²) in [5.41, 5.74) is 5.45. The second kappa shape index (κ2) is 6.40. The van der Waals surface area contributed by atoms with Gasteiger partial charge in [-0.25, -0.2) is 4.98 Å². The number of benzene rings is 2. The molecular formula is C23H20N4. The maximum Gasteiger partial charge on any atom is 0.154 e. The van der Waals surface area contributed by atoms with Gasteiger partial charge in [0.15, 0.2) is 5.82 Å². The van der Waals surface area contributed by atoms with Gasteiger partial charge in [-0.1, -0.05) is 48.5 Å². The third-order valence-corrected chi connectivity index (χ3v) is 5.26. The summed E-state index contributed by atoms with van der Waals surface area (Å²) in [5, 5.41) is 4.59. The number of nitrogens with one attached hydrogen (secondary N) is 1. The lowest BCUT2D eigenvalue weighted by Crippen LogP contribution is -2.26. The van der Waals surface area contributed by atoms with Gasteiger partial charge in [0.2, 0.25) is 0 Å². The maximum absolute atomic E-state index is 5.04. The topological polar surface area (TPSA) is 41.0 Å². The fourth-order valence-electron chi connectivity index (χ4n) is 3.76. The van der Waals surface area contributed by atoms with Crippen LogP contribution in [0.2, 0.25) is 0 Å². The van der Waals surface area contributed by atoms with Gasteiger partial charge in [-0.05, 0) is 36.8 Å². The molecule has 0 unspecified atom stereocenters. The predicted molar refractivity (Wildman–Crippen MR) is 111 cm³/mol. The Labute approximate surface area is 158 Å². The first-order valence-corrected chi connectivity index (χ1v) is 9.22. The Morgan fingerprint density at radius 3 is 2.70 bits per heavy atom. The minimum absolute atomic E-state index is 0.247. The number of hydrogen-bond donors (Lipinski definition) is 1. The number of aromatic nitrogens is 2. The Balaban J connectivity index is 1.59. The van der Waals surface area contributed by atoms with Crippen molar-refractivity contribution in [3.05, 3.63) is 84.6 Å². The number of pyridine rings is 2. The zero-order valence-electron chi connectivity index (χ0n) is 15.1. The third kappa shape index (κ3) is 2.70. The minimum Gasteiger partial charge on any atom is -0.365 e. The highest BCUT2D eigenvalue weighted by Crippen LogP contribution is 2.38. The van der Waals surface area contributed by atoms with Crippen LogP contribution in [0.3, 0.4) is 0 Å². The Hall–Kier alpha value is -3.40. The molecule has 0 saturated carbocycles. The molecule has 3 heterocycles. The summed E-state index contributed by atoms with van der Waals surface area (Å²) >= 11 is 0. The lowest BCUT2D eigenvalue weighted by Gasteiger charge is -2.26. The van der Waals surface area contributed by atoms with Crippen LogP contribution in [0.5, 0.6) is 0 Å². The molecule has 1 atom stereocenters. The smallest absolute Gasteiger partial charge is 0.154 e. The molecule has 0 saturated heterocycles. The monoisotopic (exact) mass is 352 g/mol. The quantitative estimate of drug-likeness (QED) is 0.547. The number of fused-ring (bicyclic) bond motifs is 2. The van der Waals surface area contributed by atoms with Gasteiger partial charge >= 0.3 is 0 Å². The van der Waals surface area contributed by atoms with E-state index in [2.05, 4.69) is 76.7 Å². The van der Waals surface area contributed by atoms with E-state index in [0.29, 0.717) is 0 Å². The average Bonchev–Trinajstić information content (AvgIpc) is 3.16. The molecule has 2 aromatic carbocycles. The largest absolute Gasteiger partial charge is 0.365 e. The standard InChI is InChI=1S/C23H20N4/c1-16(17-7-3-2-4-8-17)27-15-25-22-13-12-21(26-23(22)27)19-9-5-11-20-18(19)10-6-14-24-20/h2-14,16,25H,15H2,1H3/t16-/m1/s1. The van der Waals surface area contributed by atoms with Gasteiger partial charge in [0.25, 0.3) is 0 Å². The van der Waals surface area contributed by atoms with Crippen LogP contribution in [0, 0.1) is 0 Å². The number of rotatable bonds is 3. The summed E-state index contributed by atoms with van der Waals surface area (Å²) in [5.74, 6) is 1.00. The molecular weight excluding hydrogens is 332 g/mol. The van der Waals surface area contributed by atoms with E-state index >= 15 is 0 Å². The molecule has 4 nitrogen and oxygen atoms in total. The van der Waals surface area contributed by atoms with Gasteiger partial charge < -0.3 is 10.2 Å². The minimum atomic E-state index is 0.247. The summed E-state index contributed by atoms with van der Waals surface area (Å²) in [6.45, 7) is 2.99. The zero-order chi connectivity index (χ0) is 18.2. The molecule has 0 bridgehead atoms. The molecule has 27 heavy (non-hydrogen) atoms. The zero-order valence-corrected chi connectivity index (χ0v) is 15.1. The second-order valence-electron chi connectivity index (χ2n) is 6.83. The lowest BCUT2D eigenvalue weighted by atomic mass is 10.0. The summed E-state index contributed by atoms with van der Waals surface area (Å²) in [6, 6.07) is 25.3. The Bertz CT molecular complexity index is 1100. The van der Waals surface area contributed by atoms with Crippen molar-refractivity contribution in [1.29, 1.82) is 0 Å². The van der Waals surface area contributed by atoms with E-state index in [0.717, 1.165) is 40.3 Å². The van der Waals surface area contributed by atoms with E-state index < -0.39 is 0 Å². The van der Waals surface area contributed by atoms with Crippen LogP contribution in [0.25, 0.3) is 22.2 Å². The molecule has 5 rings (SSSR count). The van der Waals surface area contributed by atoms with Crippen molar-refractivity contribution >= 4 is 22.4 Å². The summed E-state index contributed by atoms with van der Waals surface area (Å²) in [4.78, 5) is 11.8. The first-order chi connectivity index (χ1) is 13.3. The molecule has 2 aromatic heterocycles. The van der Waals surface area contributed by atoms with Crippen LogP contribution in [-0.2, 0) is 0 Å². The molecule has 1 aliphatic rings. The molecule has 132 valence electrons. The molecule has 4 aromatic rings. The van der Waals surface area contributed by atoms with Crippen molar-refractivity contribution in [3.8, 4) is 11.3 Å². The van der Waals surface area contributed by atoms with E-state index in [1.54, 1.807) is 0 Å². The van der Waals surface area contributed by atoms with Crippen LogP contribution in [0.1, 0.15) is 18.5 Å². The van der Waals surface area contributed by atoms with Crippen molar-refractivity contribution in [2.75, 3.05) is 16.9 Å². The number of nitrogens with zero attached hydrogens (tertiary/aromatic N) is 3. The van der Waals surface area contributed by atoms with E-state index in [9.17, 15) is 0 Å². The third-order valence-electron chi connectivity index (χ3n) is 5.26. The molecule has 0 fully saturated rings. The summed E-state index contributed by atoms with van der Waals surface area (Å²) in [7, 11) is 0. The molecule has 0 amide bonds. The average molecular weight is 352 g/mol. The number of anilines is 2. The fraction of sp³-hybridized carbons (Fsp3) is 0.130. The molecule has 1 N–H and O–H groups in total. The highest BCUT2D eigenvalue weighted by Gasteiger charge is 2.26. The van der Waals surface area contributed by atoms with Crippen molar-refractivity contribution in [2.24, 2.45) is 0 Å². The normalized spacial score (nSPS) is 14.0. The maximum atomic E-state index is 5.04. The second-order valence-corrected chi connectivity index (χ2v) is 6.83. The molecule has 1 aliphatic heterocycles. The Kier molecular flexibility index (Phi) is 3.75. The molecule has 4 heteroatoms. The van der Waals surface area contributed by atoms with Crippen LogP contribution < -0.4 is 10.2 Å². The van der Waals surface area contributed by atoms with Crippen LogP contribution in [0.4, 0.5) is 11.5 Å². The number of hydrogen-bond acceptors (Lipinski definition) is 4. The van der Waals surface area contributed by atoms with Gasteiger partial charge in [-0.15, -0.1) is 0 Å². The van der Waals surface area contributed by atoms with E-state index in [1.807, 2.05) is 24.4 Å². The van der Waals surface area contributed by atoms with Gasteiger partial charge in [-0.3, -0.25) is 4.98 Å². The first kappa shape index (κ1) is 15.8. The summed E-state index contributed by atoms with van der Waals surface area (Å²) < 4.78 is 0. The Morgan fingerprint density at radius 2 is 1.81 bits per heavy atom. The Morgan fingerprint density at radius 1 is 0.926 bits per heavy atom. The highest BCUT2D eigenvalue weighted by atomic mass is 15.3. The van der Waals surface area contributed by atoms with Crippen LogP contribution in [-0.4, -0.2) is 16.6 Å². The SMILES string of the molecule is C[C@H](c1ccccc1)N1CNc2ccc(-c3cccc4ncccc34)nc21. The van der Waals surface area contributed by atoms with Gasteiger partial charge in [0.1, 0.15) is 0 Å². The van der Waals surface area contributed by atoms with Gasteiger partial charge in [0, 0.05) is 17.1 Å². The highest BCUT2D eigenvalue weighted by molar-refractivity contribution is 5.94. The van der Waals surface area contributed by atoms with Crippen molar-refractivity contribution in [1.82, 2.24) is 9.97 Å². The summed E-state index contributed by atoms with van der Waals surface area (Å²) in [6.07, 6.45) is 1.83. The van der Waals surface area contributed by atoms with Crippen molar-refractivity contribution in [2.45, 2.75) is 13.0 Å². The van der Waals surface area contributed by atoms with Crippen molar-refractivity contribution in [3.63, 3.8) is 0 Å². The molecule has 0 radical (unpaired) electrons. The molecule has 0 spiro atoms. The van der Waals surface area contributed by atoms with Crippen molar-refractivity contribution < 1.29 is 0 Å². The predicted octanol–water partition coefficient (Wildman–Crippen LogP) is 5.25. The van der Waals surface area contributed by atoms with Gasteiger partial charge in [-0.2, -0.15) is 0 Å². The van der Waals surface area contributed by atoms with Crippen LogP contribution in [0.15, 0.2) is 79.0 Å². The lowest BCUT2D eigenvalue weighted by molar-refractivity contribution is 0.704. The van der Waals surface area contributed by atoms with Crippen LogP contribution >= 0.6 is 0 Å². The van der Waals surface area contributed by atoms with Gasteiger partial charge in [0.05, 0.1) is 29.6 Å². The first-order valence-electron chi connectivity index (χ1n) is 9.22. The van der Waals surface area contributed by atoms with E-state index in [4.69, 9.17) is 4.98 Å². The molecule has 0 aliphatic carbocycles. The fourth-order valence-corrected chi connectivity index (χ4v) is 3.76. The van der Waals surface area contributed by atoms with E-state index in [-0.39, 0.29) is 6.04 Å². The van der Waals surface area contributed by atoms with E-state index in [1.165, 1.54) is 5.56 Å².